The number of aromatic nitrogens is 3. The van der Waals surface area contributed by atoms with Crippen LogP contribution in [-0.2, 0) is 0 Å². The second-order valence-corrected chi connectivity index (χ2v) is 6.23. The Kier molecular flexibility index (Phi) is 6.99. The van der Waals surface area contributed by atoms with E-state index in [0.29, 0.717) is 17.1 Å². The van der Waals surface area contributed by atoms with Crippen molar-refractivity contribution in [1.82, 2.24) is 19.7 Å². The van der Waals surface area contributed by atoms with Crippen LogP contribution in [0.5, 0.6) is 0 Å². The van der Waals surface area contributed by atoms with E-state index in [0.717, 1.165) is 0 Å². The van der Waals surface area contributed by atoms with E-state index in [2.05, 4.69) is 10.1 Å². The maximum absolute atomic E-state index is 12.6. The van der Waals surface area contributed by atoms with E-state index < -0.39 is 36.9 Å². The van der Waals surface area contributed by atoms with Crippen LogP contribution < -0.4 is 0 Å². The van der Waals surface area contributed by atoms with Gasteiger partial charge in [-0.3, -0.25) is 4.79 Å². The molecule has 2 aromatic rings. The SMILES string of the molecule is Cc1c(C(=O)N(C)CC(O)C(O)C(O)C(O)CO)cnn1-c1ccccn1. The summed E-state index contributed by atoms with van der Waals surface area (Å²) >= 11 is 0. The molecule has 0 saturated heterocycles. The van der Waals surface area contributed by atoms with Crippen molar-refractivity contribution >= 4 is 5.91 Å². The molecule has 0 bridgehead atoms. The minimum absolute atomic E-state index is 0.292. The van der Waals surface area contributed by atoms with Crippen molar-refractivity contribution in [3.63, 3.8) is 0 Å². The third-order valence-electron chi connectivity index (χ3n) is 4.24. The van der Waals surface area contributed by atoms with E-state index in [4.69, 9.17) is 5.11 Å². The van der Waals surface area contributed by atoms with Crippen molar-refractivity contribution in [1.29, 1.82) is 0 Å². The molecular weight excluding hydrogens is 356 g/mol. The Morgan fingerprint density at radius 2 is 1.85 bits per heavy atom. The predicted octanol–water partition coefficient (Wildman–Crippen LogP) is -1.92. The number of aliphatic hydroxyl groups excluding tert-OH is 5. The second kappa shape index (κ2) is 9.02. The summed E-state index contributed by atoms with van der Waals surface area (Å²) in [5.74, 6) is 0.103. The van der Waals surface area contributed by atoms with Gasteiger partial charge in [0, 0.05) is 19.8 Å². The molecule has 0 aliphatic rings. The Balaban J connectivity index is 2.08. The van der Waals surface area contributed by atoms with Crippen molar-refractivity contribution in [3.8, 4) is 5.82 Å². The number of aliphatic hydroxyl groups is 5. The van der Waals surface area contributed by atoms with Crippen LogP contribution in [-0.4, -0.2) is 95.7 Å². The molecule has 10 nitrogen and oxygen atoms in total. The molecule has 4 atom stereocenters. The maximum atomic E-state index is 12.6. The molecule has 10 heteroatoms. The summed E-state index contributed by atoms with van der Waals surface area (Å²) in [5.41, 5.74) is 0.845. The van der Waals surface area contributed by atoms with Gasteiger partial charge in [0.25, 0.3) is 5.91 Å². The van der Waals surface area contributed by atoms with Crippen molar-refractivity contribution in [3.05, 3.63) is 41.9 Å². The zero-order valence-corrected chi connectivity index (χ0v) is 15.0. The molecule has 2 aromatic heterocycles. The largest absolute Gasteiger partial charge is 0.394 e. The fourth-order valence-corrected chi connectivity index (χ4v) is 2.57. The summed E-state index contributed by atoms with van der Waals surface area (Å²) in [5, 5.41) is 51.8. The predicted molar refractivity (Wildman–Crippen MR) is 94.2 cm³/mol. The van der Waals surface area contributed by atoms with Crippen LogP contribution in [0.1, 0.15) is 16.1 Å². The normalized spacial score (nSPS) is 15.8. The Hall–Kier alpha value is -2.37. The average molecular weight is 380 g/mol. The quantitative estimate of drug-likeness (QED) is 0.355. The third-order valence-corrected chi connectivity index (χ3v) is 4.24. The lowest BCUT2D eigenvalue weighted by atomic mass is 10.0. The lowest BCUT2D eigenvalue weighted by molar-refractivity contribution is -0.117. The molecule has 0 aromatic carbocycles. The summed E-state index contributed by atoms with van der Waals surface area (Å²) in [6.07, 6.45) is -3.62. The van der Waals surface area contributed by atoms with Crippen molar-refractivity contribution in [2.75, 3.05) is 20.2 Å². The van der Waals surface area contributed by atoms with Crippen molar-refractivity contribution < 1.29 is 30.3 Å². The number of likely N-dealkylation sites (N-methyl/N-ethyl adjacent to an activating group) is 1. The lowest BCUT2D eigenvalue weighted by Gasteiger charge is -2.28. The van der Waals surface area contributed by atoms with Crippen molar-refractivity contribution in [2.24, 2.45) is 0 Å². The summed E-state index contributed by atoms with van der Waals surface area (Å²) in [6.45, 7) is 0.629. The number of hydrogen-bond acceptors (Lipinski definition) is 8. The molecule has 27 heavy (non-hydrogen) atoms. The molecule has 148 valence electrons. The Morgan fingerprint density at radius 3 is 2.44 bits per heavy atom. The molecule has 1 amide bonds. The molecule has 0 aliphatic heterocycles. The van der Waals surface area contributed by atoms with Crippen LogP contribution >= 0.6 is 0 Å². The van der Waals surface area contributed by atoms with Crippen LogP contribution in [0.15, 0.2) is 30.6 Å². The highest BCUT2D eigenvalue weighted by molar-refractivity contribution is 5.95. The van der Waals surface area contributed by atoms with Gasteiger partial charge in [0.05, 0.1) is 24.1 Å². The van der Waals surface area contributed by atoms with Crippen molar-refractivity contribution in [2.45, 2.75) is 31.3 Å². The first-order chi connectivity index (χ1) is 12.8. The number of carbonyl (C=O) groups excluding carboxylic acids is 1. The van der Waals surface area contributed by atoms with Gasteiger partial charge in [-0.15, -0.1) is 0 Å². The first-order valence-electron chi connectivity index (χ1n) is 8.32. The summed E-state index contributed by atoms with van der Waals surface area (Å²) < 4.78 is 1.51. The van der Waals surface area contributed by atoms with Gasteiger partial charge in [-0.2, -0.15) is 5.10 Å². The first kappa shape index (κ1) is 20.9. The van der Waals surface area contributed by atoms with Gasteiger partial charge in [-0.25, -0.2) is 9.67 Å². The number of rotatable bonds is 8. The fourth-order valence-electron chi connectivity index (χ4n) is 2.57. The Bertz CT molecular complexity index is 753. The molecular formula is C17H24N4O6. The minimum atomic E-state index is -1.75. The Morgan fingerprint density at radius 1 is 1.19 bits per heavy atom. The lowest BCUT2D eigenvalue weighted by Crippen LogP contribution is -2.50. The zero-order chi connectivity index (χ0) is 20.1. The molecule has 0 saturated carbocycles. The van der Waals surface area contributed by atoms with E-state index in [1.165, 1.54) is 22.8 Å². The van der Waals surface area contributed by atoms with E-state index in [1.54, 1.807) is 31.3 Å². The van der Waals surface area contributed by atoms with E-state index in [-0.39, 0.29) is 6.54 Å². The first-order valence-corrected chi connectivity index (χ1v) is 8.32. The Labute approximate surface area is 155 Å². The summed E-state index contributed by atoms with van der Waals surface area (Å²) in [4.78, 5) is 18.0. The maximum Gasteiger partial charge on any atom is 0.257 e. The summed E-state index contributed by atoms with van der Waals surface area (Å²) in [7, 11) is 1.42. The molecule has 0 radical (unpaired) electrons. The molecule has 0 aliphatic carbocycles. The van der Waals surface area contributed by atoms with Crippen LogP contribution in [0, 0.1) is 6.92 Å². The molecule has 2 heterocycles. The van der Waals surface area contributed by atoms with E-state index >= 15 is 0 Å². The molecule has 0 spiro atoms. The van der Waals surface area contributed by atoms with Gasteiger partial charge in [-0.1, -0.05) is 6.07 Å². The number of pyridine rings is 1. The number of nitrogens with zero attached hydrogens (tertiary/aromatic N) is 4. The molecule has 0 fully saturated rings. The number of carbonyl (C=O) groups is 1. The average Bonchev–Trinajstić information content (AvgIpc) is 3.07. The van der Waals surface area contributed by atoms with E-state index in [1.807, 2.05) is 0 Å². The molecule has 5 N–H and O–H groups in total. The molecule has 4 unspecified atom stereocenters. The third kappa shape index (κ3) is 4.67. The minimum Gasteiger partial charge on any atom is -0.394 e. The smallest absolute Gasteiger partial charge is 0.257 e. The van der Waals surface area contributed by atoms with Crippen LogP contribution in [0.25, 0.3) is 5.82 Å². The number of hydrogen-bond donors (Lipinski definition) is 5. The van der Waals surface area contributed by atoms with Crippen LogP contribution in [0.3, 0.4) is 0 Å². The highest BCUT2D eigenvalue weighted by atomic mass is 16.4. The van der Waals surface area contributed by atoms with Gasteiger partial charge in [0.15, 0.2) is 5.82 Å². The second-order valence-electron chi connectivity index (χ2n) is 6.23. The highest BCUT2D eigenvalue weighted by Crippen LogP contribution is 2.15. The summed E-state index contributed by atoms with van der Waals surface area (Å²) in [6, 6.07) is 5.30. The van der Waals surface area contributed by atoms with Crippen LogP contribution in [0.2, 0.25) is 0 Å². The van der Waals surface area contributed by atoms with Gasteiger partial charge < -0.3 is 30.4 Å². The standard InChI is InChI=1S/C17H24N4O6/c1-10-11(7-19-21(10)14-5-3-4-6-18-14)17(27)20(2)8-12(23)15(25)16(26)13(24)9-22/h3-7,12-13,15-16,22-26H,8-9H2,1-2H3. The van der Waals surface area contributed by atoms with Gasteiger partial charge in [0.1, 0.15) is 24.4 Å². The van der Waals surface area contributed by atoms with Gasteiger partial charge in [-0.05, 0) is 19.1 Å². The highest BCUT2D eigenvalue weighted by Gasteiger charge is 2.31. The monoisotopic (exact) mass is 380 g/mol. The van der Waals surface area contributed by atoms with Crippen LogP contribution in [0.4, 0.5) is 0 Å². The fraction of sp³-hybridized carbons (Fsp3) is 0.471. The topological polar surface area (TPSA) is 152 Å². The van der Waals surface area contributed by atoms with E-state index in [9.17, 15) is 25.2 Å². The zero-order valence-electron chi connectivity index (χ0n) is 15.0. The molecule has 2 rings (SSSR count). The number of amides is 1. The van der Waals surface area contributed by atoms with Gasteiger partial charge in [0.2, 0.25) is 0 Å². The van der Waals surface area contributed by atoms with Gasteiger partial charge >= 0.3 is 0 Å².